The molecule has 2 aromatic rings. The summed E-state index contributed by atoms with van der Waals surface area (Å²) in [5.74, 6) is -0.459. The van der Waals surface area contributed by atoms with Gasteiger partial charge in [0.2, 0.25) is 0 Å². The molecule has 3 rings (SSSR count). The van der Waals surface area contributed by atoms with Gasteiger partial charge in [-0.1, -0.05) is 30.3 Å². The van der Waals surface area contributed by atoms with E-state index in [0.29, 0.717) is 18.7 Å². The second-order valence-electron chi connectivity index (χ2n) is 6.00. The van der Waals surface area contributed by atoms with E-state index in [2.05, 4.69) is 10.1 Å². The van der Waals surface area contributed by atoms with Gasteiger partial charge in [0.15, 0.2) is 0 Å². The molecule has 0 saturated carbocycles. The molecule has 1 unspecified atom stereocenters. The molecule has 1 N–H and O–H groups in total. The third kappa shape index (κ3) is 5.52. The van der Waals surface area contributed by atoms with Gasteiger partial charge in [0.05, 0.1) is 11.7 Å². The van der Waals surface area contributed by atoms with Crippen LogP contribution in [0.1, 0.15) is 22.8 Å². The summed E-state index contributed by atoms with van der Waals surface area (Å²) in [6.07, 6.45) is -10.8. The van der Waals surface area contributed by atoms with Crippen molar-refractivity contribution in [3.05, 3.63) is 65.2 Å². The molecule has 3 nitrogen and oxygen atoms in total. The van der Waals surface area contributed by atoms with Crippen molar-refractivity contribution in [2.24, 2.45) is 0 Å². The van der Waals surface area contributed by atoms with Gasteiger partial charge in [0.25, 0.3) is 0 Å². The van der Waals surface area contributed by atoms with Crippen molar-refractivity contribution < 1.29 is 35.8 Å². The summed E-state index contributed by atoms with van der Waals surface area (Å²) < 4.78 is 86.7. The Balaban J connectivity index is 0.00000280. The lowest BCUT2D eigenvalue weighted by Crippen LogP contribution is -2.49. The van der Waals surface area contributed by atoms with Crippen molar-refractivity contribution in [1.82, 2.24) is 5.32 Å². The standard InChI is InChI=1S/C18H15F6NO2.ClH/c19-17(20,21)15-4-2-1-3-14(15)16(26-13-9-25-10-13)11-5-7-12(8-6-11)27-18(22,23)24;/h1-8,13,16,25H,9-10H2;1H. The van der Waals surface area contributed by atoms with E-state index in [1.54, 1.807) is 0 Å². The smallest absolute Gasteiger partial charge is 0.406 e. The summed E-state index contributed by atoms with van der Waals surface area (Å²) in [4.78, 5) is 0. The monoisotopic (exact) mass is 427 g/mol. The van der Waals surface area contributed by atoms with Crippen molar-refractivity contribution in [2.75, 3.05) is 13.1 Å². The molecule has 0 aromatic heterocycles. The average molecular weight is 428 g/mol. The number of hydrogen-bond donors (Lipinski definition) is 1. The van der Waals surface area contributed by atoms with Crippen molar-refractivity contribution in [3.8, 4) is 5.75 Å². The Morgan fingerprint density at radius 2 is 1.50 bits per heavy atom. The Labute approximate surface area is 163 Å². The van der Waals surface area contributed by atoms with Gasteiger partial charge in [-0.05, 0) is 29.3 Å². The molecule has 154 valence electrons. The lowest BCUT2D eigenvalue weighted by Gasteiger charge is -2.33. The molecule has 1 aliphatic rings. The van der Waals surface area contributed by atoms with Crippen LogP contribution in [-0.2, 0) is 10.9 Å². The van der Waals surface area contributed by atoms with Gasteiger partial charge in [-0.25, -0.2) is 0 Å². The number of halogens is 7. The summed E-state index contributed by atoms with van der Waals surface area (Å²) in [5.41, 5.74) is -0.646. The molecule has 1 fully saturated rings. The van der Waals surface area contributed by atoms with Gasteiger partial charge in [-0.3, -0.25) is 0 Å². The molecule has 0 amide bonds. The highest BCUT2D eigenvalue weighted by Crippen LogP contribution is 2.39. The maximum atomic E-state index is 13.4. The van der Waals surface area contributed by atoms with Crippen LogP contribution in [0.15, 0.2) is 48.5 Å². The average Bonchev–Trinajstić information content (AvgIpc) is 2.53. The molecule has 1 saturated heterocycles. The first kappa shape index (κ1) is 22.3. The predicted molar refractivity (Wildman–Crippen MR) is 91.4 cm³/mol. The first-order chi connectivity index (χ1) is 12.6. The Morgan fingerprint density at radius 1 is 0.893 bits per heavy atom. The molecule has 0 bridgehead atoms. The van der Waals surface area contributed by atoms with Crippen LogP contribution in [0, 0.1) is 0 Å². The van der Waals surface area contributed by atoms with Crippen molar-refractivity contribution >= 4 is 12.4 Å². The quantitative estimate of drug-likeness (QED) is 0.673. The number of hydrogen-bond acceptors (Lipinski definition) is 3. The number of benzene rings is 2. The molecule has 0 radical (unpaired) electrons. The number of ether oxygens (including phenoxy) is 2. The van der Waals surface area contributed by atoms with E-state index in [1.165, 1.54) is 30.3 Å². The second kappa shape index (κ2) is 8.59. The van der Waals surface area contributed by atoms with Gasteiger partial charge in [0, 0.05) is 13.1 Å². The van der Waals surface area contributed by atoms with Crippen molar-refractivity contribution in [2.45, 2.75) is 24.7 Å². The fourth-order valence-electron chi connectivity index (χ4n) is 2.71. The van der Waals surface area contributed by atoms with Crippen LogP contribution < -0.4 is 10.1 Å². The minimum atomic E-state index is -4.85. The molecule has 1 atom stereocenters. The number of nitrogens with one attached hydrogen (secondary N) is 1. The van der Waals surface area contributed by atoms with Crippen LogP contribution in [-0.4, -0.2) is 25.6 Å². The lowest BCUT2D eigenvalue weighted by molar-refractivity contribution is -0.274. The summed E-state index contributed by atoms with van der Waals surface area (Å²) in [6, 6.07) is 9.62. The van der Waals surface area contributed by atoms with Crippen molar-refractivity contribution in [3.63, 3.8) is 0 Å². The molecule has 2 aromatic carbocycles. The SMILES string of the molecule is Cl.FC(F)(F)Oc1ccc(C(OC2CNC2)c2ccccc2C(F)(F)F)cc1. The molecular weight excluding hydrogens is 412 g/mol. The summed E-state index contributed by atoms with van der Waals surface area (Å²) in [7, 11) is 0. The fraction of sp³-hybridized carbons (Fsp3) is 0.333. The van der Waals surface area contributed by atoms with Crippen LogP contribution in [0.25, 0.3) is 0 Å². The first-order valence-electron chi connectivity index (χ1n) is 8.01. The predicted octanol–water partition coefficient (Wildman–Crippen LogP) is 5.10. The van der Waals surface area contributed by atoms with E-state index in [9.17, 15) is 26.3 Å². The van der Waals surface area contributed by atoms with Crippen LogP contribution in [0.5, 0.6) is 5.75 Å². The molecule has 0 spiro atoms. The molecule has 1 aliphatic heterocycles. The largest absolute Gasteiger partial charge is 0.573 e. The minimum Gasteiger partial charge on any atom is -0.406 e. The fourth-order valence-corrected chi connectivity index (χ4v) is 2.71. The number of rotatable bonds is 5. The van der Waals surface area contributed by atoms with E-state index < -0.39 is 30.0 Å². The number of alkyl halides is 6. The molecular formula is C18H16ClF6NO2. The lowest BCUT2D eigenvalue weighted by atomic mass is 9.95. The van der Waals surface area contributed by atoms with Crippen LogP contribution in [0.2, 0.25) is 0 Å². The van der Waals surface area contributed by atoms with Gasteiger partial charge >= 0.3 is 12.5 Å². The summed E-state index contributed by atoms with van der Waals surface area (Å²) in [5, 5.41) is 2.96. The van der Waals surface area contributed by atoms with Gasteiger partial charge in [-0.2, -0.15) is 13.2 Å². The van der Waals surface area contributed by atoms with Gasteiger partial charge < -0.3 is 14.8 Å². The van der Waals surface area contributed by atoms with Crippen LogP contribution in [0.4, 0.5) is 26.3 Å². The van der Waals surface area contributed by atoms with Crippen molar-refractivity contribution in [1.29, 1.82) is 0 Å². The van der Waals surface area contributed by atoms with Crippen LogP contribution >= 0.6 is 12.4 Å². The Hall–Kier alpha value is -1.97. The highest BCUT2D eigenvalue weighted by molar-refractivity contribution is 5.85. The van der Waals surface area contributed by atoms with E-state index in [-0.39, 0.29) is 24.1 Å². The van der Waals surface area contributed by atoms with E-state index >= 15 is 0 Å². The highest BCUT2D eigenvalue weighted by Gasteiger charge is 2.37. The Kier molecular flexibility index (Phi) is 6.84. The highest BCUT2D eigenvalue weighted by atomic mass is 35.5. The third-order valence-electron chi connectivity index (χ3n) is 4.04. The molecule has 1 heterocycles. The van der Waals surface area contributed by atoms with E-state index in [4.69, 9.17) is 4.74 Å². The second-order valence-corrected chi connectivity index (χ2v) is 6.00. The maximum absolute atomic E-state index is 13.4. The first-order valence-corrected chi connectivity index (χ1v) is 8.01. The van der Waals surface area contributed by atoms with Gasteiger partial charge in [-0.15, -0.1) is 25.6 Å². The summed E-state index contributed by atoms with van der Waals surface area (Å²) >= 11 is 0. The Morgan fingerprint density at radius 3 is 2.00 bits per heavy atom. The topological polar surface area (TPSA) is 30.5 Å². The molecule has 0 aliphatic carbocycles. The zero-order valence-electron chi connectivity index (χ0n) is 14.2. The Bertz CT molecular complexity index is 775. The zero-order chi connectivity index (χ0) is 19.7. The van der Waals surface area contributed by atoms with Gasteiger partial charge in [0.1, 0.15) is 11.9 Å². The third-order valence-corrected chi connectivity index (χ3v) is 4.04. The maximum Gasteiger partial charge on any atom is 0.573 e. The molecule has 10 heteroatoms. The zero-order valence-corrected chi connectivity index (χ0v) is 15.0. The molecule has 28 heavy (non-hydrogen) atoms. The summed E-state index contributed by atoms with van der Waals surface area (Å²) in [6.45, 7) is 0.972. The minimum absolute atomic E-state index is 0. The van der Waals surface area contributed by atoms with E-state index in [0.717, 1.165) is 18.2 Å². The normalized spacial score (nSPS) is 16.1. The van der Waals surface area contributed by atoms with E-state index in [1.807, 2.05) is 0 Å². The van der Waals surface area contributed by atoms with Crippen LogP contribution in [0.3, 0.4) is 0 Å².